The van der Waals surface area contributed by atoms with Crippen LogP contribution >= 0.6 is 0 Å². The first kappa shape index (κ1) is 18.6. The van der Waals surface area contributed by atoms with E-state index < -0.39 is 0 Å². The number of rotatable bonds is 5. The predicted molar refractivity (Wildman–Crippen MR) is 118 cm³/mol. The Labute approximate surface area is 169 Å². The van der Waals surface area contributed by atoms with E-state index in [0.717, 1.165) is 22.3 Å². The second-order valence-electron chi connectivity index (χ2n) is 7.16. The molecule has 4 rings (SSSR count). The van der Waals surface area contributed by atoms with Crippen molar-refractivity contribution in [3.8, 4) is 0 Å². The van der Waals surface area contributed by atoms with Gasteiger partial charge in [0.15, 0.2) is 0 Å². The zero-order valence-electron chi connectivity index (χ0n) is 16.4. The fraction of sp³-hybridized carbons (Fsp3) is 0.125. The molecule has 1 amide bonds. The molecule has 144 valence electrons. The lowest BCUT2D eigenvalue weighted by Gasteiger charge is -2.15. The molecule has 0 atom stereocenters. The van der Waals surface area contributed by atoms with Gasteiger partial charge in [0.2, 0.25) is 0 Å². The summed E-state index contributed by atoms with van der Waals surface area (Å²) in [6, 6.07) is 19.5. The minimum atomic E-state index is -0.226. The van der Waals surface area contributed by atoms with Crippen molar-refractivity contribution in [1.82, 2.24) is 9.97 Å². The van der Waals surface area contributed by atoms with Crippen molar-refractivity contribution in [2.45, 2.75) is 19.8 Å². The number of hydrogen-bond donors (Lipinski definition) is 2. The first-order valence-corrected chi connectivity index (χ1v) is 9.58. The molecular formula is C24H22N4O. The summed E-state index contributed by atoms with van der Waals surface area (Å²) >= 11 is 0. The van der Waals surface area contributed by atoms with E-state index >= 15 is 0 Å². The molecule has 29 heavy (non-hydrogen) atoms. The quantitative estimate of drug-likeness (QED) is 0.461. The Kier molecular flexibility index (Phi) is 5.20. The Hall–Kier alpha value is -3.73. The van der Waals surface area contributed by atoms with Crippen LogP contribution in [0.25, 0.3) is 10.9 Å². The first-order valence-electron chi connectivity index (χ1n) is 9.58. The fourth-order valence-electron chi connectivity index (χ4n) is 3.30. The van der Waals surface area contributed by atoms with Gasteiger partial charge in [0.1, 0.15) is 0 Å². The summed E-state index contributed by atoms with van der Waals surface area (Å²) in [5.74, 6) is 0.161. The number of fused-ring (bicyclic) bond motifs is 1. The largest absolute Gasteiger partial charge is 0.354 e. The van der Waals surface area contributed by atoms with Crippen LogP contribution < -0.4 is 10.6 Å². The predicted octanol–water partition coefficient (Wildman–Crippen LogP) is 5.75. The standard InChI is InChI=1S/C24H22N4O/c1-16(2)20-9-3-4-10-21(20)27-19-13-18(14-25-15-19)24(29)28-22-11-5-7-17-8-6-12-26-23(17)22/h3-16,27H,1-2H3,(H,28,29). The maximum absolute atomic E-state index is 12.8. The first-order chi connectivity index (χ1) is 14.1. The summed E-state index contributed by atoms with van der Waals surface area (Å²) in [6.45, 7) is 4.31. The van der Waals surface area contributed by atoms with Crippen LogP contribution in [0.3, 0.4) is 0 Å². The van der Waals surface area contributed by atoms with Crippen LogP contribution in [-0.2, 0) is 0 Å². The summed E-state index contributed by atoms with van der Waals surface area (Å²) in [5.41, 5.74) is 4.91. The molecule has 0 saturated heterocycles. The second kappa shape index (κ2) is 8.10. The molecule has 0 aliphatic rings. The number of nitrogens with one attached hydrogen (secondary N) is 2. The number of carbonyl (C=O) groups is 1. The van der Waals surface area contributed by atoms with E-state index in [-0.39, 0.29) is 5.91 Å². The minimum absolute atomic E-state index is 0.226. The number of aromatic nitrogens is 2. The van der Waals surface area contributed by atoms with Crippen molar-refractivity contribution in [3.63, 3.8) is 0 Å². The van der Waals surface area contributed by atoms with Gasteiger partial charge in [-0.1, -0.05) is 50.2 Å². The van der Waals surface area contributed by atoms with Crippen molar-refractivity contribution in [2.75, 3.05) is 10.6 Å². The van der Waals surface area contributed by atoms with E-state index in [1.807, 2.05) is 48.5 Å². The molecule has 5 nitrogen and oxygen atoms in total. The number of nitrogens with zero attached hydrogens (tertiary/aromatic N) is 2. The van der Waals surface area contributed by atoms with Crippen LogP contribution in [0.2, 0.25) is 0 Å². The Morgan fingerprint density at radius 2 is 1.72 bits per heavy atom. The second-order valence-corrected chi connectivity index (χ2v) is 7.16. The SMILES string of the molecule is CC(C)c1ccccc1Nc1cncc(C(=O)Nc2cccc3cccnc23)c1. The topological polar surface area (TPSA) is 66.9 Å². The van der Waals surface area contributed by atoms with Gasteiger partial charge in [0.25, 0.3) is 5.91 Å². The molecule has 0 aliphatic carbocycles. The lowest BCUT2D eigenvalue weighted by atomic mass is 10.0. The Morgan fingerprint density at radius 3 is 2.59 bits per heavy atom. The zero-order valence-corrected chi connectivity index (χ0v) is 16.4. The number of benzene rings is 2. The van der Waals surface area contributed by atoms with Gasteiger partial charge in [-0.25, -0.2) is 0 Å². The highest BCUT2D eigenvalue weighted by Crippen LogP contribution is 2.27. The monoisotopic (exact) mass is 382 g/mol. The van der Waals surface area contributed by atoms with E-state index in [2.05, 4.69) is 40.5 Å². The molecule has 0 spiro atoms. The Morgan fingerprint density at radius 1 is 0.931 bits per heavy atom. The van der Waals surface area contributed by atoms with Gasteiger partial charge in [0.05, 0.1) is 28.7 Å². The third kappa shape index (κ3) is 4.09. The third-order valence-corrected chi connectivity index (χ3v) is 4.74. The van der Waals surface area contributed by atoms with Gasteiger partial charge < -0.3 is 10.6 Å². The van der Waals surface area contributed by atoms with Crippen LogP contribution in [0, 0.1) is 0 Å². The van der Waals surface area contributed by atoms with Crippen LogP contribution in [0.1, 0.15) is 35.7 Å². The molecule has 0 radical (unpaired) electrons. The number of pyridine rings is 2. The minimum Gasteiger partial charge on any atom is -0.354 e. The van der Waals surface area contributed by atoms with E-state index in [9.17, 15) is 4.79 Å². The molecule has 2 aromatic heterocycles. The molecule has 2 heterocycles. The smallest absolute Gasteiger partial charge is 0.257 e. The maximum atomic E-state index is 12.8. The molecule has 5 heteroatoms. The van der Waals surface area contributed by atoms with Crippen molar-refractivity contribution < 1.29 is 4.79 Å². The number of carbonyl (C=O) groups excluding carboxylic acids is 1. The highest BCUT2D eigenvalue weighted by molar-refractivity contribution is 6.08. The average molecular weight is 382 g/mol. The van der Waals surface area contributed by atoms with E-state index in [0.29, 0.717) is 17.2 Å². The van der Waals surface area contributed by atoms with Gasteiger partial charge in [-0.2, -0.15) is 0 Å². The van der Waals surface area contributed by atoms with Gasteiger partial charge in [0, 0.05) is 23.5 Å². The van der Waals surface area contributed by atoms with Crippen LogP contribution in [0.4, 0.5) is 17.1 Å². The molecule has 2 aromatic carbocycles. The summed E-state index contributed by atoms with van der Waals surface area (Å²) in [5, 5.41) is 7.32. The summed E-state index contributed by atoms with van der Waals surface area (Å²) in [4.78, 5) is 21.5. The molecule has 0 fully saturated rings. The van der Waals surface area contributed by atoms with E-state index in [4.69, 9.17) is 0 Å². The molecule has 0 saturated carbocycles. The molecule has 0 unspecified atom stereocenters. The molecule has 2 N–H and O–H groups in total. The van der Waals surface area contributed by atoms with Crippen molar-refractivity contribution in [2.24, 2.45) is 0 Å². The zero-order chi connectivity index (χ0) is 20.2. The van der Waals surface area contributed by atoms with Crippen molar-refractivity contribution >= 4 is 33.9 Å². The normalized spacial score (nSPS) is 10.9. The lowest BCUT2D eigenvalue weighted by Crippen LogP contribution is -2.13. The average Bonchev–Trinajstić information content (AvgIpc) is 2.74. The summed E-state index contributed by atoms with van der Waals surface area (Å²) in [6.07, 6.45) is 5.00. The molecular weight excluding hydrogens is 360 g/mol. The molecule has 4 aromatic rings. The van der Waals surface area contributed by atoms with Gasteiger partial charge in [-0.3, -0.25) is 14.8 Å². The number of hydrogen-bond acceptors (Lipinski definition) is 4. The fourth-order valence-corrected chi connectivity index (χ4v) is 3.30. The van der Waals surface area contributed by atoms with E-state index in [1.165, 1.54) is 5.56 Å². The van der Waals surface area contributed by atoms with Crippen LogP contribution in [0.15, 0.2) is 79.3 Å². The van der Waals surface area contributed by atoms with Crippen LogP contribution in [0.5, 0.6) is 0 Å². The van der Waals surface area contributed by atoms with Crippen molar-refractivity contribution in [3.05, 3.63) is 90.4 Å². The van der Waals surface area contributed by atoms with E-state index in [1.54, 1.807) is 24.7 Å². The molecule has 0 bridgehead atoms. The third-order valence-electron chi connectivity index (χ3n) is 4.74. The van der Waals surface area contributed by atoms with Gasteiger partial charge >= 0.3 is 0 Å². The highest BCUT2D eigenvalue weighted by atomic mass is 16.1. The Bertz CT molecular complexity index is 1160. The highest BCUT2D eigenvalue weighted by Gasteiger charge is 2.11. The Balaban J connectivity index is 1.58. The maximum Gasteiger partial charge on any atom is 0.257 e. The number of anilines is 3. The summed E-state index contributed by atoms with van der Waals surface area (Å²) in [7, 11) is 0. The summed E-state index contributed by atoms with van der Waals surface area (Å²) < 4.78 is 0. The number of amides is 1. The number of para-hydroxylation sites is 2. The van der Waals surface area contributed by atoms with Gasteiger partial charge in [-0.05, 0) is 35.7 Å². The van der Waals surface area contributed by atoms with Gasteiger partial charge in [-0.15, -0.1) is 0 Å². The molecule has 0 aliphatic heterocycles. The lowest BCUT2D eigenvalue weighted by molar-refractivity contribution is 0.102. The van der Waals surface area contributed by atoms with Crippen molar-refractivity contribution in [1.29, 1.82) is 0 Å². The van der Waals surface area contributed by atoms with Crippen LogP contribution in [-0.4, -0.2) is 15.9 Å².